The van der Waals surface area contributed by atoms with Crippen molar-refractivity contribution < 1.29 is 45.7 Å². The van der Waals surface area contributed by atoms with Gasteiger partial charge in [0.1, 0.15) is 32.6 Å². The predicted molar refractivity (Wildman–Crippen MR) is 226 cm³/mol. The lowest BCUT2D eigenvalue weighted by molar-refractivity contribution is 0.0519. The SMILES string of the molecule is COc1ccc(CN(Cc2ccc(OC)cc2)S(=O)(=O)c2c(S(=O)(=O)N[C@@H](CO)CNC(=O)OC(C)(C)C)ccc(I)c2-c2nnn(Cc3ccc(OC)cc3)n2)cc1. The van der Waals surface area contributed by atoms with Gasteiger partial charge in [0.25, 0.3) is 0 Å². The number of benzene rings is 4. The van der Waals surface area contributed by atoms with Crippen LogP contribution < -0.4 is 24.2 Å². The number of nitrogens with zero attached hydrogens (tertiary/aromatic N) is 5. The van der Waals surface area contributed by atoms with Crippen molar-refractivity contribution in [2.24, 2.45) is 0 Å². The van der Waals surface area contributed by atoms with Gasteiger partial charge >= 0.3 is 6.09 Å². The standard InChI is InChI=1S/C39H46IN7O10S2/c1-39(2,3)57-38(49)41-21-29(25-48)44-58(50,51)34-20-19-33(40)35(37-42-45-47(43-37)24-28-11-17-32(56-6)18-12-28)36(34)59(52,53)46(22-26-7-13-30(54-4)14-8-26)23-27-9-15-31(55-5)16-10-27/h7-20,29,44,48H,21-25H2,1-6H3,(H,41,49)/t29-/m1/s1. The summed E-state index contributed by atoms with van der Waals surface area (Å²) in [5.41, 5.74) is 0.992. The Hall–Kier alpha value is -4.87. The Morgan fingerprint density at radius 3 is 1.80 bits per heavy atom. The molecule has 17 nitrogen and oxygen atoms in total. The van der Waals surface area contributed by atoms with Gasteiger partial charge in [0.05, 0.1) is 46.1 Å². The normalized spacial score (nSPS) is 12.6. The molecule has 1 amide bonds. The van der Waals surface area contributed by atoms with E-state index in [0.717, 1.165) is 15.9 Å². The van der Waals surface area contributed by atoms with E-state index in [1.807, 2.05) is 34.7 Å². The topological polar surface area (TPSA) is 213 Å². The third-order valence-corrected chi connectivity index (χ3v) is 13.1. The van der Waals surface area contributed by atoms with Gasteiger partial charge in [-0.2, -0.15) is 9.10 Å². The number of hydrogen-bond donors (Lipinski definition) is 3. The van der Waals surface area contributed by atoms with Gasteiger partial charge in [0, 0.05) is 23.2 Å². The van der Waals surface area contributed by atoms with Crippen LogP contribution >= 0.6 is 22.6 Å². The van der Waals surface area contributed by atoms with E-state index in [9.17, 15) is 18.3 Å². The summed E-state index contributed by atoms with van der Waals surface area (Å²) in [6, 6.07) is 22.1. The van der Waals surface area contributed by atoms with Crippen molar-refractivity contribution in [2.75, 3.05) is 34.5 Å². The zero-order chi connectivity index (χ0) is 43.0. The van der Waals surface area contributed by atoms with Crippen LogP contribution in [0.1, 0.15) is 37.5 Å². The molecule has 0 unspecified atom stereocenters. The highest BCUT2D eigenvalue weighted by molar-refractivity contribution is 14.1. The first kappa shape index (κ1) is 45.2. The number of hydrogen-bond acceptors (Lipinski definition) is 13. The third-order valence-electron chi connectivity index (χ3n) is 8.59. The highest BCUT2D eigenvalue weighted by Crippen LogP contribution is 2.38. The van der Waals surface area contributed by atoms with Gasteiger partial charge in [-0.1, -0.05) is 36.4 Å². The molecule has 0 fully saturated rings. The Labute approximate surface area is 357 Å². The maximum Gasteiger partial charge on any atom is 0.407 e. The van der Waals surface area contributed by atoms with Crippen LogP contribution in [0.4, 0.5) is 4.79 Å². The van der Waals surface area contributed by atoms with E-state index in [-0.39, 0.29) is 37.6 Å². The molecule has 1 aromatic heterocycles. The molecule has 0 spiro atoms. The summed E-state index contributed by atoms with van der Waals surface area (Å²) < 4.78 is 84.7. The minimum atomic E-state index is -4.83. The maximum absolute atomic E-state index is 15.4. The quantitative estimate of drug-likeness (QED) is 0.103. The Balaban J connectivity index is 1.65. The number of alkyl carbamates (subject to hydrolysis) is 1. The van der Waals surface area contributed by atoms with Crippen LogP contribution in [-0.2, 0) is 44.4 Å². The van der Waals surface area contributed by atoms with E-state index in [2.05, 4.69) is 25.4 Å². The molecule has 0 bridgehead atoms. The van der Waals surface area contributed by atoms with Crippen molar-refractivity contribution in [3.8, 4) is 28.6 Å². The van der Waals surface area contributed by atoms with Crippen LogP contribution in [0, 0.1) is 3.57 Å². The van der Waals surface area contributed by atoms with Crippen LogP contribution in [0.5, 0.6) is 17.2 Å². The first-order valence-corrected chi connectivity index (χ1v) is 22.1. The second-order valence-corrected chi connectivity index (χ2v) is 18.8. The van der Waals surface area contributed by atoms with E-state index < -0.39 is 54.2 Å². The van der Waals surface area contributed by atoms with E-state index in [1.165, 1.54) is 25.1 Å². The molecule has 316 valence electrons. The fourth-order valence-corrected chi connectivity index (χ4v) is 10.2. The van der Waals surface area contributed by atoms with Crippen LogP contribution in [0.15, 0.2) is 94.7 Å². The van der Waals surface area contributed by atoms with E-state index in [4.69, 9.17) is 18.9 Å². The molecule has 3 N–H and O–H groups in total. The van der Waals surface area contributed by atoms with Gasteiger partial charge in [-0.15, -0.1) is 10.2 Å². The number of carbonyl (C=O) groups is 1. The summed E-state index contributed by atoms with van der Waals surface area (Å²) in [6.07, 6.45) is -0.841. The summed E-state index contributed by atoms with van der Waals surface area (Å²) in [7, 11) is -5.05. The van der Waals surface area contributed by atoms with E-state index in [0.29, 0.717) is 31.9 Å². The van der Waals surface area contributed by atoms with Gasteiger partial charge in [-0.25, -0.2) is 26.4 Å². The maximum atomic E-state index is 15.4. The smallest absolute Gasteiger partial charge is 0.407 e. The second-order valence-electron chi connectivity index (χ2n) is 14.1. The highest BCUT2D eigenvalue weighted by Gasteiger charge is 2.38. The number of amides is 1. The largest absolute Gasteiger partial charge is 0.497 e. The van der Waals surface area contributed by atoms with Crippen molar-refractivity contribution in [1.82, 2.24) is 34.6 Å². The summed E-state index contributed by atoms with van der Waals surface area (Å²) in [5, 5.41) is 25.6. The fourth-order valence-electron chi connectivity index (χ4n) is 5.69. The second kappa shape index (κ2) is 19.5. The lowest BCUT2D eigenvalue weighted by atomic mass is 10.2. The van der Waals surface area contributed by atoms with Crippen molar-refractivity contribution >= 4 is 48.7 Å². The van der Waals surface area contributed by atoms with Crippen molar-refractivity contribution in [3.05, 3.63) is 105 Å². The fraction of sp³-hybridized carbons (Fsp3) is 0.333. The predicted octanol–water partition coefficient (Wildman–Crippen LogP) is 4.57. The number of aliphatic hydroxyl groups is 1. The van der Waals surface area contributed by atoms with Crippen molar-refractivity contribution in [3.63, 3.8) is 0 Å². The molecule has 0 radical (unpaired) electrons. The summed E-state index contributed by atoms with van der Waals surface area (Å²) in [6.45, 7) is 3.62. The molecule has 0 aliphatic heterocycles. The molecule has 1 heterocycles. The van der Waals surface area contributed by atoms with Gasteiger partial charge in [0.2, 0.25) is 25.9 Å². The van der Waals surface area contributed by atoms with Crippen LogP contribution in [0.2, 0.25) is 0 Å². The number of aromatic nitrogens is 4. The molecular weight excluding hydrogens is 918 g/mol. The van der Waals surface area contributed by atoms with Crippen LogP contribution in [-0.4, -0.2) is 98.7 Å². The van der Waals surface area contributed by atoms with Gasteiger partial charge in [-0.05, 0) is 114 Å². The third kappa shape index (κ3) is 11.9. The Morgan fingerprint density at radius 1 is 0.814 bits per heavy atom. The van der Waals surface area contributed by atoms with Crippen LogP contribution in [0.3, 0.4) is 0 Å². The molecule has 59 heavy (non-hydrogen) atoms. The lowest BCUT2D eigenvalue weighted by Crippen LogP contribution is -2.47. The highest BCUT2D eigenvalue weighted by atomic mass is 127. The number of rotatable bonds is 18. The molecule has 0 saturated heterocycles. The molecule has 5 rings (SSSR count). The summed E-state index contributed by atoms with van der Waals surface area (Å²) in [5.74, 6) is 1.61. The first-order valence-electron chi connectivity index (χ1n) is 18.1. The zero-order valence-electron chi connectivity index (χ0n) is 33.2. The van der Waals surface area contributed by atoms with E-state index in [1.54, 1.807) is 88.5 Å². The van der Waals surface area contributed by atoms with Crippen molar-refractivity contribution in [1.29, 1.82) is 0 Å². The lowest BCUT2D eigenvalue weighted by Gasteiger charge is -2.26. The molecule has 0 aliphatic carbocycles. The molecule has 0 aliphatic rings. The number of ether oxygens (including phenoxy) is 4. The number of tetrazole rings is 1. The number of halogens is 1. The zero-order valence-corrected chi connectivity index (χ0v) is 37.0. The Kier molecular flexibility index (Phi) is 14.9. The Bertz CT molecular complexity index is 2380. The minimum absolute atomic E-state index is 0.114. The number of sulfonamides is 2. The molecule has 20 heteroatoms. The number of methoxy groups -OCH3 is 3. The first-order chi connectivity index (χ1) is 28.0. The average Bonchev–Trinajstić information content (AvgIpc) is 3.66. The monoisotopic (exact) mass is 963 g/mol. The molecule has 4 aromatic carbocycles. The van der Waals surface area contributed by atoms with Crippen LogP contribution in [0.25, 0.3) is 11.4 Å². The average molecular weight is 964 g/mol. The van der Waals surface area contributed by atoms with Gasteiger partial charge < -0.3 is 29.4 Å². The van der Waals surface area contributed by atoms with Crippen molar-refractivity contribution in [2.45, 2.75) is 61.8 Å². The Morgan fingerprint density at radius 2 is 1.32 bits per heavy atom. The number of carbonyl (C=O) groups excluding carboxylic acids is 1. The van der Waals surface area contributed by atoms with E-state index >= 15 is 8.42 Å². The summed E-state index contributed by atoms with van der Waals surface area (Å²) in [4.78, 5) is 12.4. The molecule has 0 saturated carbocycles. The summed E-state index contributed by atoms with van der Waals surface area (Å²) >= 11 is 1.91. The molecule has 5 aromatic rings. The minimum Gasteiger partial charge on any atom is -0.497 e. The van der Waals surface area contributed by atoms with Gasteiger partial charge in [0.15, 0.2) is 0 Å². The van der Waals surface area contributed by atoms with Gasteiger partial charge in [-0.3, -0.25) is 0 Å². The molecular formula is C39H46IN7O10S2. The number of aliphatic hydroxyl groups excluding tert-OH is 1. The number of nitrogens with one attached hydrogen (secondary N) is 2. The molecule has 1 atom stereocenters.